The summed E-state index contributed by atoms with van der Waals surface area (Å²) in [5, 5.41) is 9.39. The van der Waals surface area contributed by atoms with Gasteiger partial charge in [-0.3, -0.25) is 0 Å². The normalized spacial score (nSPS) is 20.6. The van der Waals surface area contributed by atoms with Crippen LogP contribution < -0.4 is 5.73 Å². The van der Waals surface area contributed by atoms with Gasteiger partial charge in [-0.2, -0.15) is 9.57 Å². The Morgan fingerprint density at radius 3 is 2.85 bits per heavy atom. The minimum Gasteiger partial charge on any atom is -0.329 e. The summed E-state index contributed by atoms with van der Waals surface area (Å²) in [5.74, 6) is 0. The van der Waals surface area contributed by atoms with E-state index in [0.29, 0.717) is 11.6 Å². The van der Waals surface area contributed by atoms with Crippen LogP contribution in [0, 0.1) is 11.3 Å². The minimum atomic E-state index is -3.74. The van der Waals surface area contributed by atoms with E-state index in [1.807, 2.05) is 6.07 Å². The standard InChI is InChI=1S/C13H16ClN3O2S/c14-11-5-4-10(8-15)13(7-11)20(18,19)17-6-2-1-3-12(17)9-16/h4-5,7,12H,1-3,6,9,16H2. The number of nitrogens with zero attached hydrogens (tertiary/aromatic N) is 2. The maximum atomic E-state index is 12.7. The van der Waals surface area contributed by atoms with Crippen LogP contribution in [0.3, 0.4) is 0 Å². The monoisotopic (exact) mass is 313 g/mol. The highest BCUT2D eigenvalue weighted by atomic mass is 35.5. The zero-order valence-corrected chi connectivity index (χ0v) is 12.5. The highest BCUT2D eigenvalue weighted by Gasteiger charge is 2.34. The Bertz CT molecular complexity index is 640. The maximum Gasteiger partial charge on any atom is 0.244 e. The summed E-state index contributed by atoms with van der Waals surface area (Å²) < 4.78 is 26.9. The van der Waals surface area contributed by atoms with Crippen LogP contribution in [0.2, 0.25) is 5.02 Å². The van der Waals surface area contributed by atoms with Crippen molar-refractivity contribution in [1.82, 2.24) is 4.31 Å². The predicted molar refractivity (Wildman–Crippen MR) is 76.8 cm³/mol. The number of benzene rings is 1. The van der Waals surface area contributed by atoms with E-state index in [9.17, 15) is 8.42 Å². The van der Waals surface area contributed by atoms with Crippen molar-refractivity contribution < 1.29 is 8.42 Å². The van der Waals surface area contributed by atoms with Crippen molar-refractivity contribution in [2.24, 2.45) is 5.73 Å². The Morgan fingerprint density at radius 1 is 1.45 bits per heavy atom. The number of hydrogen-bond acceptors (Lipinski definition) is 4. The van der Waals surface area contributed by atoms with Crippen LogP contribution >= 0.6 is 11.6 Å². The Morgan fingerprint density at radius 2 is 2.20 bits per heavy atom. The topological polar surface area (TPSA) is 87.2 Å². The second-order valence-electron chi connectivity index (χ2n) is 4.75. The third-order valence-corrected chi connectivity index (χ3v) is 5.72. The fourth-order valence-corrected chi connectivity index (χ4v) is 4.56. The predicted octanol–water partition coefficient (Wildman–Crippen LogP) is 1.71. The molecule has 0 aliphatic carbocycles. The average molecular weight is 314 g/mol. The molecule has 0 saturated carbocycles. The van der Waals surface area contributed by atoms with Gasteiger partial charge in [-0.05, 0) is 31.0 Å². The van der Waals surface area contributed by atoms with Crippen LogP contribution in [0.15, 0.2) is 23.1 Å². The largest absolute Gasteiger partial charge is 0.329 e. The lowest BCUT2D eigenvalue weighted by atomic mass is 10.1. The number of piperidine rings is 1. The molecule has 0 aromatic heterocycles. The first kappa shape index (κ1) is 15.3. The fourth-order valence-electron chi connectivity index (χ4n) is 2.45. The molecule has 108 valence electrons. The molecule has 2 rings (SSSR count). The van der Waals surface area contributed by atoms with Crippen LogP contribution in [0.1, 0.15) is 24.8 Å². The van der Waals surface area contributed by atoms with Gasteiger partial charge in [-0.25, -0.2) is 8.42 Å². The zero-order chi connectivity index (χ0) is 14.8. The number of halogens is 1. The second-order valence-corrected chi connectivity index (χ2v) is 7.05. The van der Waals surface area contributed by atoms with Crippen molar-refractivity contribution >= 4 is 21.6 Å². The lowest BCUT2D eigenvalue weighted by Gasteiger charge is -2.34. The van der Waals surface area contributed by atoms with Gasteiger partial charge in [0.05, 0.1) is 5.56 Å². The number of hydrogen-bond donors (Lipinski definition) is 1. The molecule has 1 aliphatic heterocycles. The number of sulfonamides is 1. The summed E-state index contributed by atoms with van der Waals surface area (Å²) in [7, 11) is -3.74. The Labute approximate surface area is 124 Å². The second kappa shape index (κ2) is 6.10. The van der Waals surface area contributed by atoms with Crippen molar-refractivity contribution in [3.8, 4) is 6.07 Å². The van der Waals surface area contributed by atoms with Crippen LogP contribution in [0.5, 0.6) is 0 Å². The van der Waals surface area contributed by atoms with E-state index in [1.165, 1.54) is 22.5 Å². The Balaban J connectivity index is 2.49. The first-order valence-corrected chi connectivity index (χ1v) is 8.24. The van der Waals surface area contributed by atoms with Gasteiger partial charge >= 0.3 is 0 Å². The fraction of sp³-hybridized carbons (Fsp3) is 0.462. The molecule has 5 nitrogen and oxygen atoms in total. The molecule has 1 fully saturated rings. The van der Waals surface area contributed by atoms with Crippen LogP contribution in [-0.2, 0) is 10.0 Å². The van der Waals surface area contributed by atoms with Crippen molar-refractivity contribution in [1.29, 1.82) is 5.26 Å². The van der Waals surface area contributed by atoms with E-state index >= 15 is 0 Å². The first-order chi connectivity index (χ1) is 9.50. The van der Waals surface area contributed by atoms with E-state index in [2.05, 4.69) is 0 Å². The number of nitriles is 1. The lowest BCUT2D eigenvalue weighted by Crippen LogP contribution is -2.47. The highest BCUT2D eigenvalue weighted by molar-refractivity contribution is 7.89. The number of nitrogens with two attached hydrogens (primary N) is 1. The molecular weight excluding hydrogens is 298 g/mol. The molecule has 0 bridgehead atoms. The van der Waals surface area contributed by atoms with E-state index in [1.54, 1.807) is 0 Å². The molecule has 0 amide bonds. The van der Waals surface area contributed by atoms with Gasteiger partial charge in [-0.15, -0.1) is 0 Å². The molecule has 1 aromatic carbocycles. The van der Waals surface area contributed by atoms with E-state index < -0.39 is 10.0 Å². The van der Waals surface area contributed by atoms with E-state index in [-0.39, 0.29) is 23.0 Å². The number of rotatable bonds is 3. The van der Waals surface area contributed by atoms with Gasteiger partial charge in [0, 0.05) is 24.2 Å². The van der Waals surface area contributed by atoms with Crippen LogP contribution in [0.25, 0.3) is 0 Å². The van der Waals surface area contributed by atoms with Gasteiger partial charge in [0.2, 0.25) is 10.0 Å². The van der Waals surface area contributed by atoms with Crippen molar-refractivity contribution in [2.45, 2.75) is 30.2 Å². The molecule has 1 heterocycles. The van der Waals surface area contributed by atoms with E-state index in [0.717, 1.165) is 19.3 Å². The van der Waals surface area contributed by atoms with Crippen molar-refractivity contribution in [3.05, 3.63) is 28.8 Å². The SMILES string of the molecule is N#Cc1ccc(Cl)cc1S(=O)(=O)N1CCCCC1CN. The molecule has 1 aromatic rings. The molecule has 1 atom stereocenters. The summed E-state index contributed by atoms with van der Waals surface area (Å²) >= 11 is 5.87. The van der Waals surface area contributed by atoms with Crippen molar-refractivity contribution in [3.63, 3.8) is 0 Å². The molecule has 0 radical (unpaired) electrons. The third-order valence-electron chi connectivity index (χ3n) is 3.50. The summed E-state index contributed by atoms with van der Waals surface area (Å²) in [4.78, 5) is -0.0344. The molecule has 0 spiro atoms. The average Bonchev–Trinajstić information content (AvgIpc) is 2.47. The third kappa shape index (κ3) is 2.81. The van der Waals surface area contributed by atoms with Crippen LogP contribution in [-0.4, -0.2) is 31.9 Å². The van der Waals surface area contributed by atoms with Crippen LogP contribution in [0.4, 0.5) is 0 Å². The van der Waals surface area contributed by atoms with Crippen molar-refractivity contribution in [2.75, 3.05) is 13.1 Å². The lowest BCUT2D eigenvalue weighted by molar-refractivity contribution is 0.257. The zero-order valence-electron chi connectivity index (χ0n) is 10.9. The molecule has 2 N–H and O–H groups in total. The Hall–Kier alpha value is -1.13. The molecule has 1 saturated heterocycles. The highest BCUT2D eigenvalue weighted by Crippen LogP contribution is 2.28. The van der Waals surface area contributed by atoms with Gasteiger partial charge in [0.15, 0.2) is 0 Å². The minimum absolute atomic E-state index is 0.0344. The molecule has 7 heteroatoms. The molecular formula is C13H16ClN3O2S. The quantitative estimate of drug-likeness (QED) is 0.920. The van der Waals surface area contributed by atoms with Gasteiger partial charge in [0.25, 0.3) is 0 Å². The first-order valence-electron chi connectivity index (χ1n) is 6.42. The van der Waals surface area contributed by atoms with Gasteiger partial charge < -0.3 is 5.73 Å². The Kier molecular flexibility index (Phi) is 4.66. The smallest absolute Gasteiger partial charge is 0.244 e. The summed E-state index contributed by atoms with van der Waals surface area (Å²) in [6, 6.07) is 5.96. The van der Waals surface area contributed by atoms with E-state index in [4.69, 9.17) is 22.6 Å². The molecule has 1 aliphatic rings. The van der Waals surface area contributed by atoms with Gasteiger partial charge in [-0.1, -0.05) is 18.0 Å². The summed E-state index contributed by atoms with van der Waals surface area (Å²) in [5.41, 5.74) is 5.78. The summed E-state index contributed by atoms with van der Waals surface area (Å²) in [6.07, 6.45) is 2.52. The van der Waals surface area contributed by atoms with Gasteiger partial charge in [0.1, 0.15) is 11.0 Å². The maximum absolute atomic E-state index is 12.7. The molecule has 1 unspecified atom stereocenters. The molecule has 20 heavy (non-hydrogen) atoms. The summed E-state index contributed by atoms with van der Waals surface area (Å²) in [6.45, 7) is 0.712.